The molecule has 5 rings (SSSR count). The third-order valence-corrected chi connectivity index (χ3v) is 6.32. The van der Waals surface area contributed by atoms with Crippen LogP contribution in [0.3, 0.4) is 0 Å². The van der Waals surface area contributed by atoms with Crippen LogP contribution in [0.25, 0.3) is 11.7 Å². The lowest BCUT2D eigenvalue weighted by molar-refractivity contribution is 0.0944. The van der Waals surface area contributed by atoms with Gasteiger partial charge in [-0.05, 0) is 56.9 Å². The Morgan fingerprint density at radius 1 is 1.18 bits per heavy atom. The van der Waals surface area contributed by atoms with E-state index in [1.54, 1.807) is 18.5 Å². The number of para-hydroxylation sites is 1. The molecular formula is C29H29N7O2. The Morgan fingerprint density at radius 3 is 2.74 bits per heavy atom. The highest BCUT2D eigenvalue weighted by molar-refractivity contribution is 6.04. The zero-order chi connectivity index (χ0) is 26.8. The molecule has 0 bridgehead atoms. The summed E-state index contributed by atoms with van der Waals surface area (Å²) in [5.41, 5.74) is 10.5. The lowest BCUT2D eigenvalue weighted by atomic mass is 9.92. The highest BCUT2D eigenvalue weighted by Crippen LogP contribution is 2.39. The Labute approximate surface area is 221 Å². The molecule has 38 heavy (non-hydrogen) atoms. The van der Waals surface area contributed by atoms with Gasteiger partial charge in [0.1, 0.15) is 5.56 Å². The van der Waals surface area contributed by atoms with Gasteiger partial charge in [0.05, 0.1) is 12.6 Å². The van der Waals surface area contributed by atoms with Gasteiger partial charge in [0.25, 0.3) is 5.91 Å². The molecule has 2 aromatic heterocycles. The molecule has 9 heteroatoms. The number of aliphatic hydroxyl groups is 1. The lowest BCUT2D eigenvalue weighted by Crippen LogP contribution is -2.43. The van der Waals surface area contributed by atoms with E-state index in [1.165, 1.54) is 4.52 Å². The molecule has 3 heterocycles. The SMILES string of the molecule is C[C@H](NC(=O)c1c(N)nn2cccnc12)C1=Cc2cccc(C#CCN(C)C)c2C(O)N1c1ccccc1. The lowest BCUT2D eigenvalue weighted by Gasteiger charge is -2.39. The summed E-state index contributed by atoms with van der Waals surface area (Å²) in [6, 6.07) is 16.6. The topological polar surface area (TPSA) is 112 Å². The summed E-state index contributed by atoms with van der Waals surface area (Å²) >= 11 is 0. The first-order chi connectivity index (χ1) is 18.3. The molecule has 2 aromatic carbocycles. The van der Waals surface area contributed by atoms with Gasteiger partial charge in [0.2, 0.25) is 0 Å². The third-order valence-electron chi connectivity index (χ3n) is 6.32. The van der Waals surface area contributed by atoms with Gasteiger partial charge in [-0.25, -0.2) is 9.50 Å². The number of nitrogens with zero attached hydrogens (tertiary/aromatic N) is 5. The van der Waals surface area contributed by atoms with Crippen molar-refractivity contribution in [3.63, 3.8) is 0 Å². The molecule has 0 saturated heterocycles. The van der Waals surface area contributed by atoms with E-state index >= 15 is 0 Å². The molecule has 1 aliphatic heterocycles. The molecule has 0 fully saturated rings. The van der Waals surface area contributed by atoms with Crippen LogP contribution in [0.1, 0.15) is 40.2 Å². The fraction of sp³-hybridized carbons (Fsp3) is 0.207. The van der Waals surface area contributed by atoms with Crippen molar-refractivity contribution < 1.29 is 9.90 Å². The summed E-state index contributed by atoms with van der Waals surface area (Å²) in [4.78, 5) is 21.5. The molecule has 9 nitrogen and oxygen atoms in total. The second kappa shape index (κ2) is 10.4. The van der Waals surface area contributed by atoms with Gasteiger partial charge in [-0.2, -0.15) is 0 Å². The Kier molecular flexibility index (Phi) is 6.83. The van der Waals surface area contributed by atoms with E-state index in [9.17, 15) is 9.90 Å². The molecule has 2 atom stereocenters. The minimum atomic E-state index is -1.01. The summed E-state index contributed by atoms with van der Waals surface area (Å²) in [5.74, 6) is 6.08. The third kappa shape index (κ3) is 4.70. The van der Waals surface area contributed by atoms with Gasteiger partial charge in [0, 0.05) is 34.9 Å². The van der Waals surface area contributed by atoms with E-state index in [1.807, 2.05) is 85.4 Å². The number of rotatable bonds is 5. The number of carbonyl (C=O) groups is 1. The molecule has 0 aliphatic carbocycles. The normalized spacial score (nSPS) is 15.4. The van der Waals surface area contributed by atoms with Crippen LogP contribution >= 0.6 is 0 Å². The minimum Gasteiger partial charge on any atom is -0.381 e. The number of nitrogens with two attached hydrogens (primary N) is 1. The minimum absolute atomic E-state index is 0.0947. The Balaban J connectivity index is 1.55. The molecule has 1 aliphatic rings. The predicted octanol–water partition coefficient (Wildman–Crippen LogP) is 2.90. The van der Waals surface area contributed by atoms with Crippen LogP contribution in [-0.2, 0) is 0 Å². The van der Waals surface area contributed by atoms with Gasteiger partial charge in [0.15, 0.2) is 17.7 Å². The fourth-order valence-corrected chi connectivity index (χ4v) is 4.58. The number of anilines is 2. The smallest absolute Gasteiger partial charge is 0.259 e. The van der Waals surface area contributed by atoms with Crippen LogP contribution in [0, 0.1) is 11.8 Å². The quantitative estimate of drug-likeness (QED) is 0.356. The number of amides is 1. The van der Waals surface area contributed by atoms with Crippen LogP contribution in [0.2, 0.25) is 0 Å². The molecule has 1 amide bonds. The maximum atomic E-state index is 13.4. The molecular weight excluding hydrogens is 478 g/mol. The van der Waals surface area contributed by atoms with Crippen molar-refractivity contribution in [1.82, 2.24) is 24.8 Å². The van der Waals surface area contributed by atoms with E-state index in [4.69, 9.17) is 5.73 Å². The first-order valence-corrected chi connectivity index (χ1v) is 12.2. The highest BCUT2D eigenvalue weighted by Gasteiger charge is 2.33. The summed E-state index contributed by atoms with van der Waals surface area (Å²) in [7, 11) is 3.92. The van der Waals surface area contributed by atoms with Gasteiger partial charge in [-0.15, -0.1) is 5.10 Å². The van der Waals surface area contributed by atoms with Crippen molar-refractivity contribution >= 4 is 29.1 Å². The van der Waals surface area contributed by atoms with Gasteiger partial charge in [-0.3, -0.25) is 9.69 Å². The average Bonchev–Trinajstić information content (AvgIpc) is 3.24. The number of hydrogen-bond donors (Lipinski definition) is 3. The van der Waals surface area contributed by atoms with Gasteiger partial charge in [-0.1, -0.05) is 42.2 Å². The first-order valence-electron chi connectivity index (χ1n) is 12.2. The molecule has 192 valence electrons. The number of fused-ring (bicyclic) bond motifs is 2. The van der Waals surface area contributed by atoms with E-state index in [0.29, 0.717) is 17.9 Å². The average molecular weight is 508 g/mol. The van der Waals surface area contributed by atoms with E-state index < -0.39 is 18.2 Å². The van der Waals surface area contributed by atoms with Crippen LogP contribution in [0.4, 0.5) is 11.5 Å². The van der Waals surface area contributed by atoms with E-state index in [2.05, 4.69) is 27.2 Å². The maximum absolute atomic E-state index is 13.4. The number of nitrogens with one attached hydrogen (secondary N) is 1. The summed E-state index contributed by atoms with van der Waals surface area (Å²) in [6.45, 7) is 2.47. The molecule has 4 N–H and O–H groups in total. The van der Waals surface area contributed by atoms with Crippen LogP contribution in [0.5, 0.6) is 0 Å². The molecule has 4 aromatic rings. The maximum Gasteiger partial charge on any atom is 0.259 e. The Hall–Kier alpha value is -4.65. The summed E-state index contributed by atoms with van der Waals surface area (Å²) in [5, 5.41) is 19.0. The van der Waals surface area contributed by atoms with Gasteiger partial charge >= 0.3 is 0 Å². The van der Waals surface area contributed by atoms with Gasteiger partial charge < -0.3 is 21.1 Å². The van der Waals surface area contributed by atoms with Crippen molar-refractivity contribution in [1.29, 1.82) is 0 Å². The molecule has 0 spiro atoms. The zero-order valence-electron chi connectivity index (χ0n) is 21.5. The number of aromatic nitrogens is 3. The number of hydrogen-bond acceptors (Lipinski definition) is 7. The number of benzene rings is 2. The van der Waals surface area contributed by atoms with Crippen molar-refractivity contribution in [2.75, 3.05) is 31.3 Å². The largest absolute Gasteiger partial charge is 0.381 e. The molecule has 1 unspecified atom stereocenters. The summed E-state index contributed by atoms with van der Waals surface area (Å²) < 4.78 is 1.48. The second-order valence-corrected chi connectivity index (χ2v) is 9.34. The van der Waals surface area contributed by atoms with Crippen molar-refractivity contribution in [3.8, 4) is 11.8 Å². The predicted molar refractivity (Wildman–Crippen MR) is 148 cm³/mol. The van der Waals surface area contributed by atoms with Crippen LogP contribution in [0.15, 0.2) is 72.7 Å². The molecule has 0 radical (unpaired) electrons. The van der Waals surface area contributed by atoms with Crippen molar-refractivity contribution in [2.45, 2.75) is 19.2 Å². The second-order valence-electron chi connectivity index (χ2n) is 9.34. The van der Waals surface area contributed by atoms with Crippen LogP contribution in [-0.4, -0.2) is 57.2 Å². The highest BCUT2D eigenvalue weighted by atomic mass is 16.3. The van der Waals surface area contributed by atoms with Crippen molar-refractivity contribution in [2.24, 2.45) is 0 Å². The van der Waals surface area contributed by atoms with Crippen LogP contribution < -0.4 is 16.0 Å². The monoisotopic (exact) mass is 507 g/mol. The number of nitrogen functional groups attached to an aromatic ring is 1. The first kappa shape index (κ1) is 25.0. The summed E-state index contributed by atoms with van der Waals surface area (Å²) in [6.07, 6.45) is 4.24. The van der Waals surface area contributed by atoms with E-state index in [0.717, 1.165) is 22.4 Å². The standard InChI is InChI=1S/C29H29N7O2/c1-19(32-28(37)25-26(30)33-35-17-9-15-31-27(25)35)23-18-21-11-7-10-20(12-8-16-34(2)3)24(21)29(38)36(23)22-13-5-4-6-14-22/h4-7,9-11,13-15,17-19,29,38H,16H2,1-3H3,(H2,30,33)(H,32,37)/t19-,29?/m0/s1. The Bertz CT molecular complexity index is 1580. The Morgan fingerprint density at radius 2 is 1.97 bits per heavy atom. The molecule has 0 saturated carbocycles. The number of carbonyl (C=O) groups excluding carboxylic acids is 1. The number of aliphatic hydroxyl groups excluding tert-OH is 1. The zero-order valence-corrected chi connectivity index (χ0v) is 21.5. The van der Waals surface area contributed by atoms with E-state index in [-0.39, 0.29) is 11.4 Å². The fourth-order valence-electron chi connectivity index (χ4n) is 4.58. The van der Waals surface area contributed by atoms with Crippen molar-refractivity contribution in [3.05, 3.63) is 94.9 Å².